The van der Waals surface area contributed by atoms with Gasteiger partial charge >= 0.3 is 5.97 Å². The van der Waals surface area contributed by atoms with Gasteiger partial charge in [0.05, 0.1) is 5.41 Å². The predicted molar refractivity (Wildman–Crippen MR) is 93.3 cm³/mol. The lowest BCUT2D eigenvalue weighted by Crippen LogP contribution is -2.37. The first kappa shape index (κ1) is 16.8. The van der Waals surface area contributed by atoms with Crippen molar-refractivity contribution >= 4 is 17.6 Å². The molecule has 1 amide bonds. The first-order valence-electron chi connectivity index (χ1n) is 8.82. The molecule has 1 saturated carbocycles. The Morgan fingerprint density at radius 1 is 1.33 bits per heavy atom. The lowest BCUT2D eigenvalue weighted by molar-refractivity contribution is -0.149. The number of carboxylic acids is 1. The second-order valence-corrected chi connectivity index (χ2v) is 7.20. The third-order valence-corrected chi connectivity index (χ3v) is 5.70. The van der Waals surface area contributed by atoms with Crippen molar-refractivity contribution in [1.82, 2.24) is 4.90 Å². The molecule has 24 heavy (non-hydrogen) atoms. The molecule has 0 radical (unpaired) electrons. The van der Waals surface area contributed by atoms with Gasteiger partial charge in [0.1, 0.15) is 0 Å². The van der Waals surface area contributed by atoms with E-state index in [1.807, 2.05) is 31.3 Å². The van der Waals surface area contributed by atoms with Crippen LogP contribution in [0, 0.1) is 11.3 Å². The molecule has 2 aliphatic rings. The molecule has 0 aromatic heterocycles. The number of aliphatic carboxylic acids is 1. The average molecular weight is 330 g/mol. The zero-order valence-corrected chi connectivity index (χ0v) is 14.5. The van der Waals surface area contributed by atoms with E-state index in [0.29, 0.717) is 25.1 Å². The van der Waals surface area contributed by atoms with E-state index in [-0.39, 0.29) is 11.8 Å². The van der Waals surface area contributed by atoms with Crippen LogP contribution >= 0.6 is 0 Å². The van der Waals surface area contributed by atoms with Crippen LogP contribution in [0.3, 0.4) is 0 Å². The maximum atomic E-state index is 12.8. The van der Waals surface area contributed by atoms with Gasteiger partial charge in [0.15, 0.2) is 0 Å². The topological polar surface area (TPSA) is 60.9 Å². The molecular formula is C19H26N2O3. The number of benzene rings is 1. The van der Waals surface area contributed by atoms with E-state index in [0.717, 1.165) is 31.5 Å². The predicted octanol–water partition coefficient (Wildman–Crippen LogP) is 2.86. The third-order valence-electron chi connectivity index (χ3n) is 5.70. The molecule has 1 aromatic rings. The van der Waals surface area contributed by atoms with Crippen LogP contribution in [0.4, 0.5) is 5.69 Å². The molecule has 2 fully saturated rings. The first-order chi connectivity index (χ1) is 11.5. The van der Waals surface area contributed by atoms with E-state index in [2.05, 4.69) is 11.8 Å². The molecule has 0 unspecified atom stereocenters. The molecule has 0 bridgehead atoms. The number of rotatable bonds is 5. The van der Waals surface area contributed by atoms with Gasteiger partial charge in [0, 0.05) is 37.9 Å². The molecule has 0 spiro atoms. The van der Waals surface area contributed by atoms with Crippen molar-refractivity contribution < 1.29 is 14.7 Å². The van der Waals surface area contributed by atoms with Gasteiger partial charge in [-0.2, -0.15) is 0 Å². The molecule has 1 heterocycles. The summed E-state index contributed by atoms with van der Waals surface area (Å²) in [6, 6.07) is 7.64. The molecular weight excluding hydrogens is 304 g/mol. The second kappa shape index (κ2) is 6.46. The number of anilines is 1. The minimum Gasteiger partial charge on any atom is -0.481 e. The SMILES string of the molecule is CCCN(C)c1ccc(C(=O)N2C[C@@H]3CCC[C@@]3(C(=O)O)C2)cc1. The van der Waals surface area contributed by atoms with Crippen molar-refractivity contribution in [2.45, 2.75) is 32.6 Å². The molecule has 1 saturated heterocycles. The monoisotopic (exact) mass is 330 g/mol. The van der Waals surface area contributed by atoms with Crippen molar-refractivity contribution in [3.05, 3.63) is 29.8 Å². The average Bonchev–Trinajstić information content (AvgIpc) is 3.13. The number of amides is 1. The number of carbonyl (C=O) groups excluding carboxylic acids is 1. The molecule has 5 heteroatoms. The first-order valence-corrected chi connectivity index (χ1v) is 8.82. The van der Waals surface area contributed by atoms with Crippen LogP contribution in [0.2, 0.25) is 0 Å². The van der Waals surface area contributed by atoms with Crippen LogP contribution in [-0.2, 0) is 4.79 Å². The van der Waals surface area contributed by atoms with Gasteiger partial charge in [-0.3, -0.25) is 9.59 Å². The third kappa shape index (κ3) is 2.76. The molecule has 1 N–H and O–H groups in total. The van der Waals surface area contributed by atoms with E-state index in [9.17, 15) is 14.7 Å². The van der Waals surface area contributed by atoms with E-state index in [4.69, 9.17) is 0 Å². The summed E-state index contributed by atoms with van der Waals surface area (Å²) in [6.07, 6.45) is 3.63. The maximum Gasteiger partial charge on any atom is 0.311 e. The quantitative estimate of drug-likeness (QED) is 0.902. The number of carbonyl (C=O) groups is 2. The zero-order valence-electron chi connectivity index (χ0n) is 14.5. The Morgan fingerprint density at radius 3 is 2.62 bits per heavy atom. The minimum atomic E-state index is -0.739. The van der Waals surface area contributed by atoms with Gasteiger partial charge in [-0.1, -0.05) is 13.3 Å². The summed E-state index contributed by atoms with van der Waals surface area (Å²) >= 11 is 0. The van der Waals surface area contributed by atoms with Gasteiger partial charge < -0.3 is 14.9 Å². The molecule has 130 valence electrons. The normalized spacial score (nSPS) is 25.6. The standard InChI is InChI=1S/C19H26N2O3/c1-3-11-20(2)16-8-6-14(7-9-16)17(22)21-12-15-5-4-10-19(15,13-21)18(23)24/h6-9,15H,3-5,10-13H2,1-2H3,(H,23,24)/t15-,19+/m0/s1. The minimum absolute atomic E-state index is 0.0466. The van der Waals surface area contributed by atoms with E-state index < -0.39 is 11.4 Å². The highest BCUT2D eigenvalue weighted by molar-refractivity contribution is 5.95. The highest BCUT2D eigenvalue weighted by Crippen LogP contribution is 2.49. The fourth-order valence-electron chi connectivity index (χ4n) is 4.30. The summed E-state index contributed by atoms with van der Waals surface area (Å²) in [6.45, 7) is 4.03. The largest absolute Gasteiger partial charge is 0.481 e. The van der Waals surface area contributed by atoms with Crippen molar-refractivity contribution in [2.75, 3.05) is 31.6 Å². The Labute approximate surface area is 143 Å². The Bertz CT molecular complexity index is 628. The summed E-state index contributed by atoms with van der Waals surface area (Å²) < 4.78 is 0. The van der Waals surface area contributed by atoms with Gasteiger partial charge in [0.2, 0.25) is 0 Å². The van der Waals surface area contributed by atoms with Crippen LogP contribution in [0.25, 0.3) is 0 Å². The van der Waals surface area contributed by atoms with Gasteiger partial charge in [0.25, 0.3) is 5.91 Å². The number of hydrogen-bond acceptors (Lipinski definition) is 3. The molecule has 1 aliphatic heterocycles. The van der Waals surface area contributed by atoms with Crippen LogP contribution in [0.5, 0.6) is 0 Å². The Hall–Kier alpha value is -2.04. The summed E-state index contributed by atoms with van der Waals surface area (Å²) in [5.41, 5.74) is 1.02. The summed E-state index contributed by atoms with van der Waals surface area (Å²) in [5.74, 6) is -0.680. The fourth-order valence-corrected chi connectivity index (χ4v) is 4.30. The molecule has 1 aliphatic carbocycles. The van der Waals surface area contributed by atoms with Crippen molar-refractivity contribution in [3.63, 3.8) is 0 Å². The van der Waals surface area contributed by atoms with Gasteiger partial charge in [-0.15, -0.1) is 0 Å². The van der Waals surface area contributed by atoms with E-state index in [1.165, 1.54) is 0 Å². The van der Waals surface area contributed by atoms with Crippen LogP contribution in [0.15, 0.2) is 24.3 Å². The van der Waals surface area contributed by atoms with Gasteiger partial charge in [-0.25, -0.2) is 0 Å². The van der Waals surface area contributed by atoms with Gasteiger partial charge in [-0.05, 0) is 49.4 Å². The number of hydrogen-bond donors (Lipinski definition) is 1. The van der Waals surface area contributed by atoms with E-state index >= 15 is 0 Å². The lowest BCUT2D eigenvalue weighted by atomic mass is 9.81. The smallest absolute Gasteiger partial charge is 0.311 e. The van der Waals surface area contributed by atoms with Crippen molar-refractivity contribution in [1.29, 1.82) is 0 Å². The molecule has 1 aromatic carbocycles. The molecule has 5 nitrogen and oxygen atoms in total. The number of carboxylic acid groups (broad SMARTS) is 1. The number of fused-ring (bicyclic) bond motifs is 1. The Kier molecular flexibility index (Phi) is 4.52. The Morgan fingerprint density at radius 2 is 2.04 bits per heavy atom. The van der Waals surface area contributed by atoms with Crippen molar-refractivity contribution in [2.24, 2.45) is 11.3 Å². The number of likely N-dealkylation sites (tertiary alicyclic amines) is 1. The number of nitrogens with zero attached hydrogens (tertiary/aromatic N) is 2. The van der Waals surface area contributed by atoms with Crippen molar-refractivity contribution in [3.8, 4) is 0 Å². The lowest BCUT2D eigenvalue weighted by Gasteiger charge is -2.23. The zero-order chi connectivity index (χ0) is 17.3. The second-order valence-electron chi connectivity index (χ2n) is 7.20. The summed E-state index contributed by atoms with van der Waals surface area (Å²) in [4.78, 5) is 28.4. The Balaban J connectivity index is 1.72. The van der Waals surface area contributed by atoms with Crippen LogP contribution in [-0.4, -0.2) is 48.6 Å². The van der Waals surface area contributed by atoms with Crippen LogP contribution in [0.1, 0.15) is 43.0 Å². The summed E-state index contributed by atoms with van der Waals surface area (Å²) in [5, 5.41) is 9.65. The van der Waals surface area contributed by atoms with E-state index in [1.54, 1.807) is 4.90 Å². The fraction of sp³-hybridized carbons (Fsp3) is 0.579. The summed E-state index contributed by atoms with van der Waals surface area (Å²) in [7, 11) is 2.04. The maximum absolute atomic E-state index is 12.8. The highest BCUT2D eigenvalue weighted by atomic mass is 16.4. The van der Waals surface area contributed by atoms with Crippen LogP contribution < -0.4 is 4.90 Å². The highest BCUT2D eigenvalue weighted by Gasteiger charge is 2.55. The molecule has 2 atom stereocenters. The molecule has 3 rings (SSSR count).